The highest BCUT2D eigenvalue weighted by molar-refractivity contribution is 5.80. The number of aromatic nitrogens is 3. The molecule has 3 aromatic rings. The summed E-state index contributed by atoms with van der Waals surface area (Å²) in [6.45, 7) is 7.40. The molecule has 0 bridgehead atoms. The summed E-state index contributed by atoms with van der Waals surface area (Å²) < 4.78 is 22.7. The van der Waals surface area contributed by atoms with Crippen molar-refractivity contribution in [3.05, 3.63) is 29.5 Å². The molecule has 2 N–H and O–H groups in total. The Bertz CT molecular complexity index is 1120. The number of oxazole rings is 1. The van der Waals surface area contributed by atoms with E-state index in [1.54, 1.807) is 7.11 Å². The van der Waals surface area contributed by atoms with Crippen LogP contribution < -0.4 is 10.6 Å². The summed E-state index contributed by atoms with van der Waals surface area (Å²) in [4.78, 5) is 16.5. The molecule has 0 amide bonds. The minimum atomic E-state index is -0.532. The SMILES string of the molecule is COCC[C@]1(C)OCc2c(N3CCOC[C@@H]3C)nc(-c3ccc4oc(N)nc4c3)nc21. The molecule has 2 aromatic heterocycles. The van der Waals surface area contributed by atoms with Crippen molar-refractivity contribution >= 4 is 22.9 Å². The largest absolute Gasteiger partial charge is 0.424 e. The van der Waals surface area contributed by atoms with E-state index in [1.165, 1.54) is 0 Å². The predicted molar refractivity (Wildman–Crippen MR) is 116 cm³/mol. The maximum Gasteiger partial charge on any atom is 0.292 e. The van der Waals surface area contributed by atoms with Crippen molar-refractivity contribution in [3.8, 4) is 11.4 Å². The van der Waals surface area contributed by atoms with Crippen LogP contribution in [0.5, 0.6) is 0 Å². The number of nitrogens with two attached hydrogens (primary N) is 1. The average molecular weight is 425 g/mol. The molecule has 164 valence electrons. The number of ether oxygens (including phenoxy) is 3. The third-order valence-corrected chi connectivity index (χ3v) is 6.11. The zero-order valence-electron chi connectivity index (χ0n) is 18.1. The van der Waals surface area contributed by atoms with E-state index in [9.17, 15) is 0 Å². The van der Waals surface area contributed by atoms with Crippen molar-refractivity contribution in [1.82, 2.24) is 15.0 Å². The fourth-order valence-corrected chi connectivity index (χ4v) is 4.32. The first kappa shape index (κ1) is 20.2. The number of nitrogen functional groups attached to an aromatic ring is 1. The van der Waals surface area contributed by atoms with Crippen LogP contribution in [0.1, 0.15) is 31.5 Å². The molecule has 9 heteroatoms. The van der Waals surface area contributed by atoms with Crippen LogP contribution in [-0.4, -0.2) is 54.5 Å². The van der Waals surface area contributed by atoms with E-state index < -0.39 is 5.60 Å². The van der Waals surface area contributed by atoms with Crippen molar-refractivity contribution in [3.63, 3.8) is 0 Å². The minimum Gasteiger partial charge on any atom is -0.424 e. The molecule has 5 rings (SSSR count). The van der Waals surface area contributed by atoms with Crippen molar-refractivity contribution in [2.75, 3.05) is 44.1 Å². The molecule has 1 aromatic carbocycles. The molecule has 2 aliphatic rings. The van der Waals surface area contributed by atoms with Gasteiger partial charge in [0.15, 0.2) is 11.4 Å². The number of hydrogen-bond donors (Lipinski definition) is 1. The second-order valence-electron chi connectivity index (χ2n) is 8.31. The number of benzene rings is 1. The summed E-state index contributed by atoms with van der Waals surface area (Å²) in [5.41, 5.74) is 9.32. The van der Waals surface area contributed by atoms with Gasteiger partial charge < -0.3 is 29.3 Å². The lowest BCUT2D eigenvalue weighted by molar-refractivity contribution is -0.0448. The van der Waals surface area contributed by atoms with Crippen molar-refractivity contribution in [2.45, 2.75) is 38.5 Å². The number of nitrogens with zero attached hydrogens (tertiary/aromatic N) is 4. The van der Waals surface area contributed by atoms with Crippen LogP contribution in [0.2, 0.25) is 0 Å². The highest BCUT2D eigenvalue weighted by atomic mass is 16.5. The highest BCUT2D eigenvalue weighted by Gasteiger charge is 2.41. The molecule has 0 radical (unpaired) electrons. The Balaban J connectivity index is 1.65. The Labute approximate surface area is 180 Å². The van der Waals surface area contributed by atoms with Gasteiger partial charge in [0.2, 0.25) is 0 Å². The molecule has 0 saturated carbocycles. The van der Waals surface area contributed by atoms with Crippen LogP contribution in [0.4, 0.5) is 11.8 Å². The molecular formula is C22H27N5O4. The molecule has 2 atom stereocenters. The van der Waals surface area contributed by atoms with E-state index in [1.807, 2.05) is 18.2 Å². The first-order valence-corrected chi connectivity index (χ1v) is 10.5. The highest BCUT2D eigenvalue weighted by Crippen LogP contribution is 2.43. The summed E-state index contributed by atoms with van der Waals surface area (Å²) in [5.74, 6) is 1.54. The Hall–Kier alpha value is -2.75. The number of fused-ring (bicyclic) bond motifs is 2. The van der Waals surface area contributed by atoms with Gasteiger partial charge in [-0.15, -0.1) is 0 Å². The molecule has 2 aliphatic heterocycles. The van der Waals surface area contributed by atoms with Gasteiger partial charge in [-0.1, -0.05) is 0 Å². The minimum absolute atomic E-state index is 0.144. The lowest BCUT2D eigenvalue weighted by Crippen LogP contribution is -2.44. The number of hydrogen-bond acceptors (Lipinski definition) is 9. The van der Waals surface area contributed by atoms with Crippen molar-refractivity contribution in [1.29, 1.82) is 0 Å². The number of anilines is 2. The third kappa shape index (κ3) is 3.52. The lowest BCUT2D eigenvalue weighted by Gasteiger charge is -2.35. The van der Waals surface area contributed by atoms with Crippen LogP contribution in [0.25, 0.3) is 22.5 Å². The van der Waals surface area contributed by atoms with Gasteiger partial charge >= 0.3 is 0 Å². The van der Waals surface area contributed by atoms with Crippen LogP contribution in [0.15, 0.2) is 22.6 Å². The zero-order valence-corrected chi connectivity index (χ0v) is 18.1. The second kappa shape index (κ2) is 7.74. The molecule has 0 spiro atoms. The van der Waals surface area contributed by atoms with Crippen LogP contribution in [0, 0.1) is 0 Å². The molecule has 0 unspecified atom stereocenters. The summed E-state index contributed by atoms with van der Waals surface area (Å²) in [6, 6.07) is 6.05. The number of rotatable bonds is 5. The monoisotopic (exact) mass is 425 g/mol. The molecular weight excluding hydrogens is 398 g/mol. The van der Waals surface area contributed by atoms with E-state index in [0.717, 1.165) is 29.2 Å². The smallest absolute Gasteiger partial charge is 0.292 e. The fraction of sp³-hybridized carbons (Fsp3) is 0.500. The molecule has 9 nitrogen and oxygen atoms in total. The van der Waals surface area contributed by atoms with Crippen LogP contribution >= 0.6 is 0 Å². The van der Waals surface area contributed by atoms with Crippen LogP contribution in [-0.2, 0) is 26.4 Å². The number of methoxy groups -OCH3 is 1. The van der Waals surface area contributed by atoms with Gasteiger partial charge in [0.05, 0.1) is 31.6 Å². The molecule has 1 saturated heterocycles. The zero-order chi connectivity index (χ0) is 21.6. The second-order valence-corrected chi connectivity index (χ2v) is 8.31. The Kier molecular flexibility index (Phi) is 5.04. The normalized spacial score (nSPS) is 23.5. The van der Waals surface area contributed by atoms with Crippen molar-refractivity contribution < 1.29 is 18.6 Å². The summed E-state index contributed by atoms with van der Waals surface area (Å²) in [5, 5.41) is 0. The van der Waals surface area contributed by atoms with Gasteiger partial charge in [-0.25, -0.2) is 9.97 Å². The maximum absolute atomic E-state index is 6.26. The maximum atomic E-state index is 6.26. The van der Waals surface area contributed by atoms with Crippen molar-refractivity contribution in [2.24, 2.45) is 0 Å². The first-order chi connectivity index (χ1) is 15.0. The molecule has 1 fully saturated rings. The molecule has 4 heterocycles. The third-order valence-electron chi connectivity index (χ3n) is 6.11. The molecule has 31 heavy (non-hydrogen) atoms. The topological polar surface area (TPSA) is 109 Å². The summed E-state index contributed by atoms with van der Waals surface area (Å²) >= 11 is 0. The van der Waals surface area contributed by atoms with Gasteiger partial charge in [-0.2, -0.15) is 4.98 Å². The Morgan fingerprint density at radius 2 is 2.16 bits per heavy atom. The predicted octanol–water partition coefficient (Wildman–Crippen LogP) is 2.87. The summed E-state index contributed by atoms with van der Waals surface area (Å²) in [6.07, 6.45) is 0.712. The van der Waals surface area contributed by atoms with Gasteiger partial charge in [-0.3, -0.25) is 0 Å². The Morgan fingerprint density at radius 1 is 1.29 bits per heavy atom. The van der Waals surface area contributed by atoms with E-state index in [0.29, 0.717) is 49.8 Å². The van der Waals surface area contributed by atoms with Gasteiger partial charge in [-0.05, 0) is 32.0 Å². The standard InChI is InChI=1S/C22H27N5O4/c1-13-11-29-9-7-27(13)20-15-12-30-22(2,6-8-28-3)18(15)25-19(26-20)14-4-5-17-16(10-14)24-21(23)31-17/h4-5,10,13H,6-9,11-12H2,1-3H3,(H2,23,24)/t13-,22-/m0/s1. The average Bonchev–Trinajstić information content (AvgIpc) is 3.31. The fourth-order valence-electron chi connectivity index (χ4n) is 4.32. The van der Waals surface area contributed by atoms with E-state index in [2.05, 4.69) is 23.7 Å². The Morgan fingerprint density at radius 3 is 2.97 bits per heavy atom. The van der Waals surface area contributed by atoms with E-state index in [-0.39, 0.29) is 12.1 Å². The van der Waals surface area contributed by atoms with E-state index >= 15 is 0 Å². The first-order valence-electron chi connectivity index (χ1n) is 10.5. The van der Waals surface area contributed by atoms with Gasteiger partial charge in [0.1, 0.15) is 16.9 Å². The van der Waals surface area contributed by atoms with Crippen LogP contribution in [0.3, 0.4) is 0 Å². The van der Waals surface area contributed by atoms with E-state index in [4.69, 9.17) is 34.3 Å². The number of morpholine rings is 1. The van der Waals surface area contributed by atoms with Gasteiger partial charge in [0, 0.05) is 37.8 Å². The molecule has 0 aliphatic carbocycles. The summed E-state index contributed by atoms with van der Waals surface area (Å²) in [7, 11) is 1.70. The van der Waals surface area contributed by atoms with Gasteiger partial charge in [0.25, 0.3) is 6.01 Å². The lowest BCUT2D eigenvalue weighted by atomic mass is 9.96. The quantitative estimate of drug-likeness (QED) is 0.660.